The van der Waals surface area contributed by atoms with Crippen LogP contribution in [0.25, 0.3) is 0 Å². The van der Waals surface area contributed by atoms with Gasteiger partial charge < -0.3 is 20.1 Å². The first-order chi connectivity index (χ1) is 14.1. The summed E-state index contributed by atoms with van der Waals surface area (Å²) in [7, 11) is 0. The number of halogens is 1. The molecule has 0 saturated carbocycles. The highest BCUT2D eigenvalue weighted by atomic mass is 19.1. The Morgan fingerprint density at radius 3 is 2.21 bits per heavy atom. The first kappa shape index (κ1) is 18.5. The van der Waals surface area contributed by atoms with E-state index in [-0.39, 0.29) is 17.2 Å². The molecule has 3 aromatic rings. The normalized spacial score (nSPS) is 12.2. The molecule has 0 aliphatic carbocycles. The van der Waals surface area contributed by atoms with Gasteiger partial charge in [-0.2, -0.15) is 0 Å². The summed E-state index contributed by atoms with van der Waals surface area (Å²) >= 11 is 0. The summed E-state index contributed by atoms with van der Waals surface area (Å²) in [6.45, 7) is 0.935. The second-order valence-corrected chi connectivity index (χ2v) is 6.33. The lowest BCUT2D eigenvalue weighted by molar-refractivity contribution is 0.102. The van der Waals surface area contributed by atoms with Crippen molar-refractivity contribution in [3.05, 3.63) is 83.7 Å². The van der Waals surface area contributed by atoms with Crippen LogP contribution in [0.1, 0.15) is 20.7 Å². The van der Waals surface area contributed by atoms with Crippen LogP contribution in [0.15, 0.2) is 66.7 Å². The van der Waals surface area contributed by atoms with Crippen LogP contribution >= 0.6 is 0 Å². The van der Waals surface area contributed by atoms with Crippen LogP contribution in [0.5, 0.6) is 11.5 Å². The van der Waals surface area contributed by atoms with Gasteiger partial charge in [-0.15, -0.1) is 0 Å². The summed E-state index contributed by atoms with van der Waals surface area (Å²) in [5.74, 6) is -0.243. The molecular weight excluding hydrogens is 375 g/mol. The van der Waals surface area contributed by atoms with E-state index in [1.54, 1.807) is 42.5 Å². The number of carbonyl (C=O) groups excluding carboxylic acids is 2. The molecule has 0 bridgehead atoms. The van der Waals surface area contributed by atoms with Crippen molar-refractivity contribution in [1.82, 2.24) is 0 Å². The van der Waals surface area contributed by atoms with Crippen molar-refractivity contribution in [2.75, 3.05) is 23.8 Å². The highest BCUT2D eigenvalue weighted by Gasteiger charge is 2.15. The predicted molar refractivity (Wildman–Crippen MR) is 106 cm³/mol. The molecule has 0 saturated heterocycles. The lowest BCUT2D eigenvalue weighted by Gasteiger charge is -2.19. The third-order valence-electron chi connectivity index (χ3n) is 4.31. The minimum atomic E-state index is -0.534. The third kappa shape index (κ3) is 4.19. The lowest BCUT2D eigenvalue weighted by Crippen LogP contribution is -2.17. The molecule has 1 aliphatic rings. The zero-order valence-electron chi connectivity index (χ0n) is 15.3. The van der Waals surface area contributed by atoms with Crippen molar-refractivity contribution >= 4 is 23.2 Å². The van der Waals surface area contributed by atoms with Gasteiger partial charge in [-0.3, -0.25) is 9.59 Å². The maximum Gasteiger partial charge on any atom is 0.255 e. The van der Waals surface area contributed by atoms with Crippen molar-refractivity contribution in [3.8, 4) is 11.5 Å². The molecule has 6 nitrogen and oxygen atoms in total. The number of fused-ring (bicyclic) bond motifs is 1. The van der Waals surface area contributed by atoms with Gasteiger partial charge in [-0.1, -0.05) is 18.2 Å². The number of anilines is 2. The number of hydrogen-bond donors (Lipinski definition) is 2. The Balaban J connectivity index is 1.48. The number of carbonyl (C=O) groups is 2. The molecular formula is C22H17FN2O4. The molecule has 0 aromatic heterocycles. The van der Waals surface area contributed by atoms with E-state index in [0.29, 0.717) is 36.0 Å². The maximum atomic E-state index is 13.7. The fraction of sp³-hybridized carbons (Fsp3) is 0.0909. The Labute approximate surface area is 166 Å². The average Bonchev–Trinajstić information content (AvgIpc) is 2.75. The van der Waals surface area contributed by atoms with E-state index in [1.165, 1.54) is 24.3 Å². The maximum absolute atomic E-state index is 13.7. The van der Waals surface area contributed by atoms with Crippen LogP contribution in [-0.4, -0.2) is 25.0 Å². The van der Waals surface area contributed by atoms with Gasteiger partial charge in [0.2, 0.25) is 0 Å². The summed E-state index contributed by atoms with van der Waals surface area (Å²) in [5, 5.41) is 5.27. The Morgan fingerprint density at radius 2 is 1.45 bits per heavy atom. The number of rotatable bonds is 4. The highest BCUT2D eigenvalue weighted by molar-refractivity contribution is 6.08. The number of ether oxygens (including phenoxy) is 2. The van der Waals surface area contributed by atoms with E-state index in [4.69, 9.17) is 9.47 Å². The van der Waals surface area contributed by atoms with Crippen molar-refractivity contribution in [1.29, 1.82) is 0 Å². The van der Waals surface area contributed by atoms with Crippen LogP contribution in [0.3, 0.4) is 0 Å². The van der Waals surface area contributed by atoms with Gasteiger partial charge in [0.1, 0.15) is 19.0 Å². The summed E-state index contributed by atoms with van der Waals surface area (Å²) < 4.78 is 24.7. The Kier molecular flexibility index (Phi) is 5.11. The molecule has 1 heterocycles. The highest BCUT2D eigenvalue weighted by Crippen LogP contribution is 2.32. The number of benzene rings is 3. The van der Waals surface area contributed by atoms with E-state index in [0.717, 1.165) is 0 Å². The van der Waals surface area contributed by atoms with Crippen LogP contribution < -0.4 is 20.1 Å². The molecule has 0 atom stereocenters. The molecule has 2 amide bonds. The van der Waals surface area contributed by atoms with Crippen molar-refractivity contribution in [3.63, 3.8) is 0 Å². The van der Waals surface area contributed by atoms with Gasteiger partial charge in [0.05, 0.1) is 5.69 Å². The quantitative estimate of drug-likeness (QED) is 0.701. The van der Waals surface area contributed by atoms with Gasteiger partial charge >= 0.3 is 0 Å². The van der Waals surface area contributed by atoms with Gasteiger partial charge in [0.15, 0.2) is 11.5 Å². The lowest BCUT2D eigenvalue weighted by atomic mass is 10.1. The average molecular weight is 392 g/mol. The first-order valence-electron chi connectivity index (χ1n) is 8.97. The molecule has 146 valence electrons. The van der Waals surface area contributed by atoms with Gasteiger partial charge in [-0.05, 0) is 42.5 Å². The molecule has 3 aromatic carbocycles. The fourth-order valence-electron chi connectivity index (χ4n) is 2.88. The van der Waals surface area contributed by atoms with E-state index < -0.39 is 11.7 Å². The third-order valence-corrected chi connectivity index (χ3v) is 4.31. The fourth-order valence-corrected chi connectivity index (χ4v) is 2.88. The first-order valence-corrected chi connectivity index (χ1v) is 8.97. The van der Waals surface area contributed by atoms with E-state index >= 15 is 0 Å². The predicted octanol–water partition coefficient (Wildman–Crippen LogP) is 4.10. The van der Waals surface area contributed by atoms with Crippen LogP contribution in [0.4, 0.5) is 15.8 Å². The molecule has 0 radical (unpaired) electrons. The largest absolute Gasteiger partial charge is 0.486 e. The van der Waals surface area contributed by atoms with Crippen molar-refractivity contribution in [2.45, 2.75) is 0 Å². The molecule has 29 heavy (non-hydrogen) atoms. The second kappa shape index (κ2) is 8.02. The van der Waals surface area contributed by atoms with Crippen LogP contribution in [0.2, 0.25) is 0 Å². The summed E-state index contributed by atoms with van der Waals surface area (Å²) in [4.78, 5) is 25.0. The van der Waals surface area contributed by atoms with Gasteiger partial charge in [0.25, 0.3) is 11.8 Å². The topological polar surface area (TPSA) is 76.7 Å². The number of hydrogen-bond acceptors (Lipinski definition) is 4. The smallest absolute Gasteiger partial charge is 0.255 e. The number of para-hydroxylation sites is 1. The summed E-state index contributed by atoms with van der Waals surface area (Å²) in [5.41, 5.74) is 1.15. The van der Waals surface area contributed by atoms with E-state index in [9.17, 15) is 14.0 Å². The zero-order valence-corrected chi connectivity index (χ0v) is 15.3. The Bertz CT molecular complexity index is 1080. The van der Waals surface area contributed by atoms with Crippen LogP contribution in [0, 0.1) is 5.82 Å². The van der Waals surface area contributed by atoms with Crippen molar-refractivity contribution < 1.29 is 23.5 Å². The SMILES string of the molecule is O=C(Nc1ccc2c(c1)OCCO2)c1cccc(C(=O)Nc2ccccc2F)c1. The second-order valence-electron chi connectivity index (χ2n) is 6.33. The Hall–Kier alpha value is -3.87. The van der Waals surface area contributed by atoms with Gasteiger partial charge in [-0.25, -0.2) is 4.39 Å². The molecule has 4 rings (SSSR count). The standard InChI is InChI=1S/C22H17FN2O4/c23-17-6-1-2-7-18(17)25-22(27)15-5-3-4-14(12-15)21(26)24-16-8-9-19-20(13-16)29-11-10-28-19/h1-9,12-13H,10-11H2,(H,24,26)(H,25,27). The molecule has 1 aliphatic heterocycles. The minimum Gasteiger partial charge on any atom is -0.486 e. The summed E-state index contributed by atoms with van der Waals surface area (Å²) in [6.07, 6.45) is 0. The van der Waals surface area contributed by atoms with E-state index in [2.05, 4.69) is 10.6 Å². The minimum absolute atomic E-state index is 0.0728. The van der Waals surface area contributed by atoms with E-state index in [1.807, 2.05) is 0 Å². The van der Waals surface area contributed by atoms with Gasteiger partial charge in [0, 0.05) is 22.9 Å². The molecule has 0 spiro atoms. The molecule has 0 unspecified atom stereocenters. The Morgan fingerprint density at radius 1 is 0.759 bits per heavy atom. The molecule has 7 heteroatoms. The van der Waals surface area contributed by atoms with Crippen molar-refractivity contribution in [2.24, 2.45) is 0 Å². The van der Waals surface area contributed by atoms with Crippen LogP contribution in [-0.2, 0) is 0 Å². The molecule has 2 N–H and O–H groups in total. The zero-order chi connectivity index (χ0) is 20.2. The summed E-state index contributed by atoms with van der Waals surface area (Å²) in [6, 6.07) is 17.2. The molecule has 0 fully saturated rings. The monoisotopic (exact) mass is 392 g/mol. The number of amides is 2. The number of nitrogens with one attached hydrogen (secondary N) is 2.